The fourth-order valence-electron chi connectivity index (χ4n) is 2.03. The van der Waals surface area contributed by atoms with E-state index in [-0.39, 0.29) is 12.5 Å². The Hall–Kier alpha value is -2.82. The van der Waals surface area contributed by atoms with Crippen LogP contribution in [0.3, 0.4) is 0 Å². The quantitative estimate of drug-likeness (QED) is 0.655. The second kappa shape index (κ2) is 8.15. The maximum absolute atomic E-state index is 11.8. The number of ether oxygens (including phenoxy) is 2. The van der Waals surface area contributed by atoms with Crippen molar-refractivity contribution in [1.82, 2.24) is 5.43 Å². The van der Waals surface area contributed by atoms with Crippen LogP contribution in [0, 0.1) is 13.8 Å². The van der Waals surface area contributed by atoms with E-state index in [0.29, 0.717) is 11.5 Å². The normalized spacial score (nSPS) is 11.1. The van der Waals surface area contributed by atoms with Gasteiger partial charge in [0.1, 0.15) is 11.5 Å². The van der Waals surface area contributed by atoms with Crippen molar-refractivity contribution in [2.75, 3.05) is 13.7 Å². The third-order valence-corrected chi connectivity index (χ3v) is 3.70. The summed E-state index contributed by atoms with van der Waals surface area (Å²) in [6, 6.07) is 13.2. The summed E-state index contributed by atoms with van der Waals surface area (Å²) in [4.78, 5) is 11.8. The summed E-state index contributed by atoms with van der Waals surface area (Å²) in [5, 5.41) is 4.09. The molecule has 0 radical (unpaired) electrons. The van der Waals surface area contributed by atoms with Crippen LogP contribution in [0.4, 0.5) is 0 Å². The number of carbonyl (C=O) groups is 1. The number of hydrogen-bond acceptors (Lipinski definition) is 4. The van der Waals surface area contributed by atoms with Crippen molar-refractivity contribution in [1.29, 1.82) is 0 Å². The Kier molecular flexibility index (Phi) is 5.95. The molecule has 0 bridgehead atoms. The van der Waals surface area contributed by atoms with Crippen molar-refractivity contribution in [2.24, 2.45) is 5.10 Å². The minimum atomic E-state index is -0.305. The van der Waals surface area contributed by atoms with E-state index in [0.717, 1.165) is 16.9 Å². The van der Waals surface area contributed by atoms with E-state index in [9.17, 15) is 4.79 Å². The number of aryl methyl sites for hydroxylation is 2. The van der Waals surface area contributed by atoms with Crippen LogP contribution in [-0.2, 0) is 4.79 Å². The largest absolute Gasteiger partial charge is 0.497 e. The summed E-state index contributed by atoms with van der Waals surface area (Å²) in [6.45, 7) is 5.78. The first-order chi connectivity index (χ1) is 11.5. The first-order valence-corrected chi connectivity index (χ1v) is 7.67. The Morgan fingerprint density at radius 1 is 1.04 bits per heavy atom. The highest BCUT2D eigenvalue weighted by Crippen LogP contribution is 2.16. The second-order valence-corrected chi connectivity index (χ2v) is 5.50. The number of amides is 1. The van der Waals surface area contributed by atoms with Crippen molar-refractivity contribution in [2.45, 2.75) is 20.8 Å². The van der Waals surface area contributed by atoms with Gasteiger partial charge in [0.05, 0.1) is 12.8 Å². The molecule has 2 aromatic rings. The zero-order valence-corrected chi connectivity index (χ0v) is 14.4. The molecule has 0 aromatic heterocycles. The van der Waals surface area contributed by atoms with Gasteiger partial charge in [0, 0.05) is 0 Å². The van der Waals surface area contributed by atoms with Gasteiger partial charge in [-0.25, -0.2) is 5.43 Å². The van der Waals surface area contributed by atoms with Crippen molar-refractivity contribution in [3.05, 3.63) is 59.2 Å². The number of hydrazone groups is 1. The molecule has 2 rings (SSSR count). The number of nitrogens with one attached hydrogen (secondary N) is 1. The lowest BCUT2D eigenvalue weighted by Gasteiger charge is -2.08. The fourth-order valence-corrected chi connectivity index (χ4v) is 2.03. The highest BCUT2D eigenvalue weighted by Gasteiger charge is 2.04. The average Bonchev–Trinajstić information content (AvgIpc) is 2.60. The standard InChI is InChI=1S/C19H22N2O3/c1-13-5-8-18(11-14(13)2)24-12-19(22)21-20-15(3)16-6-9-17(23-4)10-7-16/h5-11H,12H2,1-4H3,(H,21,22). The third-order valence-electron chi connectivity index (χ3n) is 3.70. The molecule has 0 saturated heterocycles. The third kappa shape index (κ3) is 4.84. The minimum Gasteiger partial charge on any atom is -0.497 e. The van der Waals surface area contributed by atoms with Gasteiger partial charge >= 0.3 is 0 Å². The molecule has 2 aromatic carbocycles. The van der Waals surface area contributed by atoms with Crippen molar-refractivity contribution < 1.29 is 14.3 Å². The van der Waals surface area contributed by atoms with Gasteiger partial charge in [0.15, 0.2) is 6.61 Å². The van der Waals surface area contributed by atoms with Crippen molar-refractivity contribution in [3.63, 3.8) is 0 Å². The molecule has 0 atom stereocenters. The van der Waals surface area contributed by atoms with E-state index < -0.39 is 0 Å². The van der Waals surface area contributed by atoms with Gasteiger partial charge < -0.3 is 9.47 Å². The molecule has 5 nitrogen and oxygen atoms in total. The molecule has 1 N–H and O–H groups in total. The van der Waals surface area contributed by atoms with Crippen LogP contribution in [0.25, 0.3) is 0 Å². The molecular weight excluding hydrogens is 304 g/mol. The predicted octanol–water partition coefficient (Wildman–Crippen LogP) is 3.23. The predicted molar refractivity (Wildman–Crippen MR) is 94.8 cm³/mol. The molecule has 5 heteroatoms. The molecule has 1 amide bonds. The van der Waals surface area contributed by atoms with E-state index in [1.807, 2.05) is 63.2 Å². The lowest BCUT2D eigenvalue weighted by atomic mass is 10.1. The highest BCUT2D eigenvalue weighted by molar-refractivity contribution is 5.99. The van der Waals surface area contributed by atoms with Gasteiger partial charge in [-0.15, -0.1) is 0 Å². The maximum Gasteiger partial charge on any atom is 0.277 e. The number of carbonyl (C=O) groups excluding carboxylic acids is 1. The van der Waals surface area contributed by atoms with Crippen LogP contribution in [0.1, 0.15) is 23.6 Å². The van der Waals surface area contributed by atoms with Crippen LogP contribution in [0.5, 0.6) is 11.5 Å². The number of methoxy groups -OCH3 is 1. The van der Waals surface area contributed by atoms with Crippen LogP contribution in [0.15, 0.2) is 47.6 Å². The monoisotopic (exact) mass is 326 g/mol. The van der Waals surface area contributed by atoms with Crippen molar-refractivity contribution >= 4 is 11.6 Å². The summed E-state index contributed by atoms with van der Waals surface area (Å²) in [5.41, 5.74) is 6.43. The molecule has 0 aliphatic heterocycles. The zero-order valence-electron chi connectivity index (χ0n) is 14.4. The second-order valence-electron chi connectivity index (χ2n) is 5.50. The van der Waals surface area contributed by atoms with E-state index >= 15 is 0 Å². The van der Waals surface area contributed by atoms with E-state index in [4.69, 9.17) is 9.47 Å². The first kappa shape index (κ1) is 17.5. The van der Waals surface area contributed by atoms with Crippen molar-refractivity contribution in [3.8, 4) is 11.5 Å². The maximum atomic E-state index is 11.8. The minimum absolute atomic E-state index is 0.0815. The van der Waals surface area contributed by atoms with Crippen LogP contribution in [0.2, 0.25) is 0 Å². The number of hydrogen-bond donors (Lipinski definition) is 1. The summed E-state index contributed by atoms with van der Waals surface area (Å²) < 4.78 is 10.6. The van der Waals surface area contributed by atoms with Gasteiger partial charge in [0.2, 0.25) is 0 Å². The van der Waals surface area contributed by atoms with Crippen LogP contribution < -0.4 is 14.9 Å². The van der Waals surface area contributed by atoms with Crippen LogP contribution in [-0.4, -0.2) is 25.3 Å². The fraction of sp³-hybridized carbons (Fsp3) is 0.263. The molecule has 0 saturated carbocycles. The summed E-state index contributed by atoms with van der Waals surface area (Å²) in [6.07, 6.45) is 0. The summed E-state index contributed by atoms with van der Waals surface area (Å²) in [7, 11) is 1.62. The first-order valence-electron chi connectivity index (χ1n) is 7.67. The summed E-state index contributed by atoms with van der Waals surface area (Å²) >= 11 is 0. The zero-order chi connectivity index (χ0) is 17.5. The molecular formula is C19H22N2O3. The van der Waals surface area contributed by atoms with Gasteiger partial charge in [-0.1, -0.05) is 6.07 Å². The molecule has 0 heterocycles. The molecule has 126 valence electrons. The Labute approximate surface area is 142 Å². The Balaban J connectivity index is 1.87. The lowest BCUT2D eigenvalue weighted by Crippen LogP contribution is -2.25. The molecule has 0 spiro atoms. The topological polar surface area (TPSA) is 59.9 Å². The van der Waals surface area contributed by atoms with E-state index in [1.54, 1.807) is 7.11 Å². The molecule has 0 aliphatic carbocycles. The van der Waals surface area contributed by atoms with E-state index in [1.165, 1.54) is 5.56 Å². The Morgan fingerprint density at radius 2 is 1.71 bits per heavy atom. The van der Waals surface area contributed by atoms with Gasteiger partial charge in [-0.05, 0) is 73.9 Å². The smallest absolute Gasteiger partial charge is 0.277 e. The van der Waals surface area contributed by atoms with Gasteiger partial charge in [-0.2, -0.15) is 5.10 Å². The number of rotatable bonds is 6. The Bertz CT molecular complexity index is 737. The molecule has 0 unspecified atom stereocenters. The van der Waals surface area contributed by atoms with Gasteiger partial charge in [0.25, 0.3) is 5.91 Å². The van der Waals surface area contributed by atoms with Crippen LogP contribution >= 0.6 is 0 Å². The van der Waals surface area contributed by atoms with Gasteiger partial charge in [-0.3, -0.25) is 4.79 Å². The summed E-state index contributed by atoms with van der Waals surface area (Å²) in [5.74, 6) is 1.14. The molecule has 0 fully saturated rings. The number of nitrogens with zero attached hydrogens (tertiary/aromatic N) is 1. The molecule has 0 aliphatic rings. The SMILES string of the molecule is COc1ccc(C(C)=NNC(=O)COc2ccc(C)c(C)c2)cc1. The lowest BCUT2D eigenvalue weighted by molar-refractivity contribution is -0.123. The highest BCUT2D eigenvalue weighted by atomic mass is 16.5. The Morgan fingerprint density at radius 3 is 2.33 bits per heavy atom. The molecule has 24 heavy (non-hydrogen) atoms. The average molecular weight is 326 g/mol. The van der Waals surface area contributed by atoms with E-state index in [2.05, 4.69) is 10.5 Å². The number of benzene rings is 2.